The topological polar surface area (TPSA) is 23.5 Å². The molecule has 0 aromatic carbocycles. The summed E-state index contributed by atoms with van der Waals surface area (Å²) in [5.41, 5.74) is 0.138. The number of rotatable bonds is 9. The molecule has 1 rings (SSSR count). The molecule has 0 heterocycles. The van der Waals surface area contributed by atoms with Gasteiger partial charge in [0.15, 0.2) is 0 Å². The van der Waals surface area contributed by atoms with Gasteiger partial charge in [0.2, 0.25) is 0 Å². The fourth-order valence-corrected chi connectivity index (χ4v) is 2.43. The number of aliphatic hydroxyl groups is 1. The smallest absolute Gasteiger partial charge is 0.0499 e. The van der Waals surface area contributed by atoms with E-state index in [-0.39, 0.29) is 5.41 Å². The SMILES string of the molecule is CCC(CC)(CO)CN(CCC(C)C)C1CC1. The molecule has 0 saturated heterocycles. The van der Waals surface area contributed by atoms with Crippen LogP contribution in [0.15, 0.2) is 0 Å². The molecule has 0 aromatic rings. The highest BCUT2D eigenvalue weighted by Gasteiger charge is 2.35. The summed E-state index contributed by atoms with van der Waals surface area (Å²) in [6.45, 7) is 11.7. The van der Waals surface area contributed by atoms with Crippen LogP contribution in [0.2, 0.25) is 0 Å². The third kappa shape index (κ3) is 4.59. The standard InChI is InChI=1S/C15H31NO/c1-5-15(6-2,12-17)11-16(14-7-8-14)10-9-13(3)4/h13-14,17H,5-12H2,1-4H3. The van der Waals surface area contributed by atoms with Crippen molar-refractivity contribution in [1.82, 2.24) is 4.90 Å². The summed E-state index contributed by atoms with van der Waals surface area (Å²) >= 11 is 0. The Morgan fingerprint density at radius 3 is 2.18 bits per heavy atom. The lowest BCUT2D eigenvalue weighted by Crippen LogP contribution is -2.41. The summed E-state index contributed by atoms with van der Waals surface area (Å²) in [6, 6.07) is 0.817. The minimum absolute atomic E-state index is 0.138. The van der Waals surface area contributed by atoms with Gasteiger partial charge in [-0.2, -0.15) is 0 Å². The first kappa shape index (κ1) is 15.0. The summed E-state index contributed by atoms with van der Waals surface area (Å²) in [6.07, 6.45) is 6.20. The van der Waals surface area contributed by atoms with E-state index in [0.717, 1.165) is 31.3 Å². The van der Waals surface area contributed by atoms with Gasteiger partial charge in [-0.1, -0.05) is 27.7 Å². The molecule has 2 nitrogen and oxygen atoms in total. The largest absolute Gasteiger partial charge is 0.396 e. The first-order valence-electron chi connectivity index (χ1n) is 7.41. The van der Waals surface area contributed by atoms with E-state index in [1.807, 2.05) is 0 Å². The lowest BCUT2D eigenvalue weighted by Gasteiger charge is -2.36. The quantitative estimate of drug-likeness (QED) is 0.669. The zero-order valence-electron chi connectivity index (χ0n) is 12.2. The van der Waals surface area contributed by atoms with Crippen molar-refractivity contribution >= 4 is 0 Å². The summed E-state index contributed by atoms with van der Waals surface area (Å²) in [5.74, 6) is 0.781. The van der Waals surface area contributed by atoms with Crippen LogP contribution in [0, 0.1) is 11.3 Å². The molecule has 0 amide bonds. The second kappa shape index (κ2) is 6.75. The van der Waals surface area contributed by atoms with Crippen molar-refractivity contribution < 1.29 is 5.11 Å². The van der Waals surface area contributed by atoms with E-state index in [1.165, 1.54) is 25.8 Å². The third-order valence-electron chi connectivity index (χ3n) is 4.43. The Bertz CT molecular complexity index is 199. The normalized spacial score (nSPS) is 17.1. The van der Waals surface area contributed by atoms with E-state index < -0.39 is 0 Å². The summed E-state index contributed by atoms with van der Waals surface area (Å²) in [7, 11) is 0. The maximum absolute atomic E-state index is 9.68. The van der Waals surface area contributed by atoms with Crippen LogP contribution in [0.25, 0.3) is 0 Å². The predicted molar refractivity (Wildman–Crippen MR) is 74.2 cm³/mol. The molecule has 0 aliphatic heterocycles. The van der Waals surface area contributed by atoms with Crippen LogP contribution >= 0.6 is 0 Å². The highest BCUT2D eigenvalue weighted by Crippen LogP contribution is 2.34. The van der Waals surface area contributed by atoms with Gasteiger partial charge in [0.25, 0.3) is 0 Å². The van der Waals surface area contributed by atoms with E-state index in [4.69, 9.17) is 0 Å². The Kier molecular flexibility index (Phi) is 5.94. The Morgan fingerprint density at radius 1 is 1.24 bits per heavy atom. The van der Waals surface area contributed by atoms with E-state index in [1.54, 1.807) is 0 Å². The monoisotopic (exact) mass is 241 g/mol. The number of nitrogens with zero attached hydrogens (tertiary/aromatic N) is 1. The first-order valence-corrected chi connectivity index (χ1v) is 7.41. The average Bonchev–Trinajstić information content (AvgIpc) is 3.14. The van der Waals surface area contributed by atoms with E-state index in [2.05, 4.69) is 32.6 Å². The van der Waals surface area contributed by atoms with Gasteiger partial charge in [-0.3, -0.25) is 4.90 Å². The van der Waals surface area contributed by atoms with Gasteiger partial charge in [0.1, 0.15) is 0 Å². The van der Waals surface area contributed by atoms with Gasteiger partial charge in [-0.15, -0.1) is 0 Å². The molecule has 1 fully saturated rings. The number of hydrogen-bond acceptors (Lipinski definition) is 2. The zero-order chi connectivity index (χ0) is 12.9. The molecule has 0 bridgehead atoms. The van der Waals surface area contributed by atoms with Gasteiger partial charge >= 0.3 is 0 Å². The predicted octanol–water partition coefficient (Wildman–Crippen LogP) is 3.30. The Morgan fingerprint density at radius 2 is 1.82 bits per heavy atom. The molecular formula is C15H31NO. The highest BCUT2D eigenvalue weighted by molar-refractivity contribution is 4.89. The Balaban J connectivity index is 2.52. The van der Waals surface area contributed by atoms with Crippen molar-refractivity contribution in [2.75, 3.05) is 19.7 Å². The van der Waals surface area contributed by atoms with E-state index in [9.17, 15) is 5.11 Å². The van der Waals surface area contributed by atoms with Crippen LogP contribution in [0.5, 0.6) is 0 Å². The fourth-order valence-electron chi connectivity index (χ4n) is 2.43. The van der Waals surface area contributed by atoms with Gasteiger partial charge in [0.05, 0.1) is 0 Å². The maximum atomic E-state index is 9.68. The van der Waals surface area contributed by atoms with Crippen molar-refractivity contribution in [3.05, 3.63) is 0 Å². The lowest BCUT2D eigenvalue weighted by molar-refractivity contribution is 0.0604. The van der Waals surface area contributed by atoms with Crippen LogP contribution in [0.4, 0.5) is 0 Å². The van der Waals surface area contributed by atoms with Crippen molar-refractivity contribution in [2.45, 2.75) is 65.8 Å². The summed E-state index contributed by atoms with van der Waals surface area (Å²) in [4.78, 5) is 2.64. The average molecular weight is 241 g/mol. The summed E-state index contributed by atoms with van der Waals surface area (Å²) < 4.78 is 0. The molecule has 0 spiro atoms. The second-order valence-corrected chi connectivity index (χ2v) is 6.25. The number of aliphatic hydroxyl groups excluding tert-OH is 1. The molecule has 1 aliphatic rings. The maximum Gasteiger partial charge on any atom is 0.0499 e. The van der Waals surface area contributed by atoms with Gasteiger partial charge in [-0.25, -0.2) is 0 Å². The minimum Gasteiger partial charge on any atom is -0.396 e. The van der Waals surface area contributed by atoms with Gasteiger partial charge in [0, 0.05) is 24.6 Å². The first-order chi connectivity index (χ1) is 8.06. The summed E-state index contributed by atoms with van der Waals surface area (Å²) in [5, 5.41) is 9.68. The van der Waals surface area contributed by atoms with Gasteiger partial charge < -0.3 is 5.11 Å². The highest BCUT2D eigenvalue weighted by atomic mass is 16.3. The number of hydrogen-bond donors (Lipinski definition) is 1. The van der Waals surface area contributed by atoms with Crippen LogP contribution in [0.1, 0.15) is 59.8 Å². The van der Waals surface area contributed by atoms with E-state index in [0.29, 0.717) is 6.61 Å². The molecule has 2 heteroatoms. The molecule has 0 aromatic heterocycles. The Labute approximate surface area is 107 Å². The van der Waals surface area contributed by atoms with Crippen molar-refractivity contribution in [3.8, 4) is 0 Å². The van der Waals surface area contributed by atoms with Crippen molar-refractivity contribution in [1.29, 1.82) is 0 Å². The molecule has 102 valence electrons. The van der Waals surface area contributed by atoms with Crippen LogP contribution < -0.4 is 0 Å². The molecule has 0 radical (unpaired) electrons. The van der Waals surface area contributed by atoms with Gasteiger partial charge in [-0.05, 0) is 44.6 Å². The zero-order valence-corrected chi connectivity index (χ0v) is 12.2. The molecule has 1 saturated carbocycles. The van der Waals surface area contributed by atoms with Crippen LogP contribution in [-0.4, -0.2) is 35.7 Å². The van der Waals surface area contributed by atoms with Crippen molar-refractivity contribution in [2.24, 2.45) is 11.3 Å². The van der Waals surface area contributed by atoms with Crippen LogP contribution in [-0.2, 0) is 0 Å². The molecule has 0 atom stereocenters. The van der Waals surface area contributed by atoms with Crippen molar-refractivity contribution in [3.63, 3.8) is 0 Å². The lowest BCUT2D eigenvalue weighted by atomic mass is 9.82. The second-order valence-electron chi connectivity index (χ2n) is 6.25. The molecule has 1 aliphatic carbocycles. The molecule has 0 unspecified atom stereocenters. The van der Waals surface area contributed by atoms with E-state index >= 15 is 0 Å². The molecule has 17 heavy (non-hydrogen) atoms. The fraction of sp³-hybridized carbons (Fsp3) is 1.00. The minimum atomic E-state index is 0.138. The van der Waals surface area contributed by atoms with Crippen LogP contribution in [0.3, 0.4) is 0 Å². The third-order valence-corrected chi connectivity index (χ3v) is 4.43. The molecule has 1 N–H and O–H groups in total. The molecular weight excluding hydrogens is 210 g/mol. The Hall–Kier alpha value is -0.0800.